The topological polar surface area (TPSA) is 12.9 Å². The van der Waals surface area contributed by atoms with Crippen molar-refractivity contribution in [3.05, 3.63) is 85.1 Å². The van der Waals surface area contributed by atoms with E-state index in [0.717, 1.165) is 0 Å². The molecule has 0 unspecified atom stereocenters. The summed E-state index contributed by atoms with van der Waals surface area (Å²) >= 11 is 0. The average Bonchev–Trinajstić information content (AvgIpc) is 2.58. The number of aromatic nitrogens is 1. The minimum atomic E-state index is -1.74. The first-order valence-corrected chi connectivity index (χ1v) is 9.53. The lowest BCUT2D eigenvalue weighted by Crippen LogP contribution is -2.37. The van der Waals surface area contributed by atoms with Gasteiger partial charge < -0.3 is 0 Å². The summed E-state index contributed by atoms with van der Waals surface area (Å²) in [6, 6.07) is 28.0. The third kappa shape index (κ3) is 2.46. The first-order valence-electron chi connectivity index (χ1n) is 7.68. The molecule has 2 heteroatoms. The van der Waals surface area contributed by atoms with E-state index in [4.69, 9.17) is 4.98 Å². The number of pyridine rings is 1. The molecule has 3 rings (SSSR count). The molecule has 0 spiro atoms. The molecule has 3 aromatic rings. The Morgan fingerprint density at radius 1 is 0.682 bits per heavy atom. The quantitative estimate of drug-likeness (QED) is 0.668. The van der Waals surface area contributed by atoms with Gasteiger partial charge in [0.2, 0.25) is 0 Å². The highest BCUT2D eigenvalue weighted by Crippen LogP contribution is 2.58. The van der Waals surface area contributed by atoms with E-state index in [9.17, 15) is 0 Å². The molecule has 1 nitrogen and oxygen atoms in total. The van der Waals surface area contributed by atoms with Crippen molar-refractivity contribution in [2.75, 3.05) is 0 Å². The molecule has 0 saturated carbocycles. The molecule has 2 aromatic carbocycles. The fraction of sp³-hybridized carbons (Fsp3) is 0.150. The van der Waals surface area contributed by atoms with Crippen LogP contribution in [0.25, 0.3) is 0 Å². The number of hydrogen-bond acceptors (Lipinski definition) is 1. The van der Waals surface area contributed by atoms with E-state index < -0.39 is 7.26 Å². The van der Waals surface area contributed by atoms with E-state index in [0.29, 0.717) is 5.66 Å². The van der Waals surface area contributed by atoms with Gasteiger partial charge >= 0.3 is 0 Å². The Morgan fingerprint density at radius 2 is 1.18 bits per heavy atom. The summed E-state index contributed by atoms with van der Waals surface area (Å²) in [5.74, 6) is 0. The Morgan fingerprint density at radius 3 is 1.59 bits per heavy atom. The summed E-state index contributed by atoms with van der Waals surface area (Å²) in [5, 5.41) is 2.80. The Balaban J connectivity index is 2.34. The Bertz CT molecular complexity index is 612. The van der Waals surface area contributed by atoms with E-state index in [1.165, 1.54) is 16.0 Å². The van der Waals surface area contributed by atoms with Gasteiger partial charge in [-0.25, -0.2) is 4.98 Å². The zero-order chi connectivity index (χ0) is 15.4. The first-order chi connectivity index (χ1) is 10.8. The highest BCUT2D eigenvalue weighted by molar-refractivity contribution is 7.96. The van der Waals surface area contributed by atoms with Crippen molar-refractivity contribution in [3.8, 4) is 0 Å². The van der Waals surface area contributed by atoms with E-state index in [-0.39, 0.29) is 0 Å². The summed E-state index contributed by atoms with van der Waals surface area (Å²) in [4.78, 5) is 4.77. The van der Waals surface area contributed by atoms with Crippen molar-refractivity contribution in [2.45, 2.75) is 19.5 Å². The molecule has 0 fully saturated rings. The maximum Gasteiger partial charge on any atom is 0.193 e. The van der Waals surface area contributed by atoms with Crippen LogP contribution in [0.2, 0.25) is 0 Å². The van der Waals surface area contributed by atoms with Crippen LogP contribution in [0.3, 0.4) is 0 Å². The summed E-state index contributed by atoms with van der Waals surface area (Å²) in [6.45, 7) is 4.64. The standard InChI is InChI=1S/C20H21NP/c1-17(2)22(18-11-5-3-6-12-18,19-13-7-4-8-14-19)20-15-9-10-16-21-20/h3-17H,1-2H3/q+1. The minimum absolute atomic E-state index is 0.493. The summed E-state index contributed by atoms with van der Waals surface area (Å²) in [5.41, 5.74) is 1.70. The zero-order valence-electron chi connectivity index (χ0n) is 13.1. The summed E-state index contributed by atoms with van der Waals surface area (Å²) in [6.07, 6.45) is 1.92. The lowest BCUT2D eigenvalue weighted by atomic mass is 10.4. The van der Waals surface area contributed by atoms with E-state index in [1.807, 2.05) is 12.3 Å². The van der Waals surface area contributed by atoms with Crippen LogP contribution in [0, 0.1) is 0 Å². The van der Waals surface area contributed by atoms with Crippen LogP contribution in [0.15, 0.2) is 85.1 Å². The predicted molar refractivity (Wildman–Crippen MR) is 98.1 cm³/mol. The smallest absolute Gasteiger partial charge is 0.193 e. The second-order valence-corrected chi connectivity index (χ2v) is 9.64. The zero-order valence-corrected chi connectivity index (χ0v) is 13.9. The molecule has 0 N–H and O–H groups in total. The van der Waals surface area contributed by atoms with Crippen molar-refractivity contribution in [1.82, 2.24) is 4.98 Å². The molecular formula is C20H21NP+. The molecular weight excluding hydrogens is 285 g/mol. The van der Waals surface area contributed by atoms with Crippen molar-refractivity contribution >= 4 is 23.3 Å². The van der Waals surface area contributed by atoms with Crippen LogP contribution >= 0.6 is 7.26 Å². The molecule has 1 heterocycles. The summed E-state index contributed by atoms with van der Waals surface area (Å²) < 4.78 is 0. The van der Waals surface area contributed by atoms with Gasteiger partial charge in [0.25, 0.3) is 0 Å². The Kier molecular flexibility index (Phi) is 4.36. The normalized spacial score (nSPS) is 11.6. The lowest BCUT2D eigenvalue weighted by Gasteiger charge is -2.29. The molecule has 0 radical (unpaired) electrons. The van der Waals surface area contributed by atoms with Crippen LogP contribution in [-0.2, 0) is 0 Å². The molecule has 0 amide bonds. The molecule has 0 saturated heterocycles. The highest BCUT2D eigenvalue weighted by Gasteiger charge is 2.49. The minimum Gasteiger partial charge on any atom is -0.222 e. The summed E-state index contributed by atoms with van der Waals surface area (Å²) in [7, 11) is -1.74. The molecule has 0 bridgehead atoms. The van der Waals surface area contributed by atoms with Crippen LogP contribution in [-0.4, -0.2) is 10.6 Å². The van der Waals surface area contributed by atoms with Gasteiger partial charge in [-0.1, -0.05) is 42.5 Å². The first kappa shape index (κ1) is 14.9. The number of nitrogens with zero attached hydrogens (tertiary/aromatic N) is 1. The van der Waals surface area contributed by atoms with Gasteiger partial charge in [0.1, 0.15) is 17.9 Å². The van der Waals surface area contributed by atoms with E-state index in [2.05, 4.69) is 86.6 Å². The number of benzene rings is 2. The average molecular weight is 306 g/mol. The third-order valence-corrected chi connectivity index (χ3v) is 8.87. The monoisotopic (exact) mass is 306 g/mol. The molecule has 110 valence electrons. The van der Waals surface area contributed by atoms with Crippen molar-refractivity contribution < 1.29 is 0 Å². The van der Waals surface area contributed by atoms with Crippen molar-refractivity contribution in [2.24, 2.45) is 0 Å². The number of rotatable bonds is 4. The van der Waals surface area contributed by atoms with E-state index in [1.54, 1.807) is 0 Å². The van der Waals surface area contributed by atoms with Gasteiger partial charge in [0.05, 0.1) is 5.66 Å². The molecule has 22 heavy (non-hydrogen) atoms. The fourth-order valence-corrected chi connectivity index (χ4v) is 7.57. The Labute approximate surface area is 133 Å². The lowest BCUT2D eigenvalue weighted by molar-refractivity contribution is 1.09. The maximum absolute atomic E-state index is 4.77. The van der Waals surface area contributed by atoms with Gasteiger partial charge in [-0.15, -0.1) is 0 Å². The SMILES string of the molecule is CC(C)[P+](c1ccccc1)(c1ccccc1)c1ccccn1. The number of hydrogen-bond donors (Lipinski definition) is 0. The predicted octanol–water partition coefficient (Wildman–Crippen LogP) is 3.78. The Hall–Kier alpha value is -1.98. The van der Waals surface area contributed by atoms with Crippen LogP contribution in [0.1, 0.15) is 13.8 Å². The highest BCUT2D eigenvalue weighted by atomic mass is 31.2. The molecule has 0 aliphatic heterocycles. The second-order valence-electron chi connectivity index (χ2n) is 5.68. The van der Waals surface area contributed by atoms with Gasteiger partial charge in [0, 0.05) is 12.3 Å². The molecule has 0 aliphatic carbocycles. The van der Waals surface area contributed by atoms with Gasteiger partial charge in [-0.05, 0) is 44.2 Å². The molecule has 0 atom stereocenters. The van der Waals surface area contributed by atoms with Crippen LogP contribution in [0.4, 0.5) is 0 Å². The van der Waals surface area contributed by atoms with Crippen molar-refractivity contribution in [3.63, 3.8) is 0 Å². The van der Waals surface area contributed by atoms with Crippen LogP contribution < -0.4 is 16.0 Å². The fourth-order valence-electron chi connectivity index (χ4n) is 3.16. The largest absolute Gasteiger partial charge is 0.222 e. The van der Waals surface area contributed by atoms with Gasteiger partial charge in [-0.3, -0.25) is 0 Å². The molecule has 1 aromatic heterocycles. The molecule has 0 aliphatic rings. The van der Waals surface area contributed by atoms with Crippen molar-refractivity contribution in [1.29, 1.82) is 0 Å². The maximum atomic E-state index is 4.77. The third-order valence-electron chi connectivity index (χ3n) is 4.11. The van der Waals surface area contributed by atoms with Gasteiger partial charge in [0.15, 0.2) is 5.44 Å². The van der Waals surface area contributed by atoms with Gasteiger partial charge in [-0.2, -0.15) is 0 Å². The van der Waals surface area contributed by atoms with Crippen LogP contribution in [0.5, 0.6) is 0 Å². The van der Waals surface area contributed by atoms with E-state index >= 15 is 0 Å². The second kappa shape index (κ2) is 6.42.